The number of aliphatic carboxylic acids is 1. The van der Waals surface area contributed by atoms with Crippen molar-refractivity contribution in [3.05, 3.63) is 40.9 Å². The van der Waals surface area contributed by atoms with Crippen LogP contribution in [0, 0.1) is 6.92 Å². The minimum absolute atomic E-state index is 0.0457. The first-order chi connectivity index (χ1) is 8.84. The maximum absolute atomic E-state index is 12.4. The molecule has 0 spiro atoms. The largest absolute Gasteiger partial charge is 0.480 e. The first-order valence-electron chi connectivity index (χ1n) is 5.51. The van der Waals surface area contributed by atoms with Gasteiger partial charge in [0.1, 0.15) is 6.04 Å². The topological polar surface area (TPSA) is 74.7 Å². The summed E-state index contributed by atoms with van der Waals surface area (Å²) in [5, 5.41) is 9.48. The number of carboxylic acid groups (broad SMARTS) is 1. The smallest absolute Gasteiger partial charge is 0.326 e. The molecule has 0 aliphatic carbocycles. The molecule has 2 rings (SSSR count). The molecule has 19 heavy (non-hydrogen) atoms. The van der Waals surface area contributed by atoms with Crippen molar-refractivity contribution in [1.29, 1.82) is 0 Å². The second kappa shape index (κ2) is 4.96. The van der Waals surface area contributed by atoms with Crippen molar-refractivity contribution in [3.8, 4) is 0 Å². The molecule has 102 valence electrons. The third kappa shape index (κ3) is 2.51. The van der Waals surface area contributed by atoms with Gasteiger partial charge in [-0.05, 0) is 30.7 Å². The Bertz CT molecular complexity index is 654. The maximum Gasteiger partial charge on any atom is 0.326 e. The lowest BCUT2D eigenvalue weighted by molar-refractivity contribution is -0.139. The Balaban J connectivity index is 2.42. The van der Waals surface area contributed by atoms with Crippen molar-refractivity contribution >= 4 is 27.6 Å². The van der Waals surface area contributed by atoms with Gasteiger partial charge in [-0.2, -0.15) is 4.31 Å². The average Bonchev–Trinajstić information content (AvgIpc) is 2.82. The van der Waals surface area contributed by atoms with Crippen molar-refractivity contribution in [2.75, 3.05) is 6.54 Å². The van der Waals surface area contributed by atoms with Crippen molar-refractivity contribution in [3.63, 3.8) is 0 Å². The van der Waals surface area contributed by atoms with Crippen LogP contribution in [0.5, 0.6) is 0 Å². The SMILES string of the molecule is Cc1cc(S(=O)(=O)N2CC=CC2C(=O)O)ccc1Cl. The molecule has 0 aromatic heterocycles. The van der Waals surface area contributed by atoms with Crippen molar-refractivity contribution in [1.82, 2.24) is 4.31 Å². The highest BCUT2D eigenvalue weighted by molar-refractivity contribution is 7.89. The van der Waals surface area contributed by atoms with E-state index in [4.69, 9.17) is 16.7 Å². The Labute approximate surface area is 116 Å². The van der Waals surface area contributed by atoms with E-state index in [9.17, 15) is 13.2 Å². The highest BCUT2D eigenvalue weighted by Crippen LogP contribution is 2.25. The van der Waals surface area contributed by atoms with E-state index in [0.717, 1.165) is 4.31 Å². The second-order valence-corrected chi connectivity index (χ2v) is 6.49. The van der Waals surface area contributed by atoms with E-state index >= 15 is 0 Å². The van der Waals surface area contributed by atoms with E-state index in [1.165, 1.54) is 30.4 Å². The fraction of sp³-hybridized carbons (Fsp3) is 0.250. The molecule has 1 atom stereocenters. The minimum Gasteiger partial charge on any atom is -0.480 e. The van der Waals surface area contributed by atoms with Crippen LogP contribution in [0.2, 0.25) is 5.02 Å². The number of carbonyl (C=O) groups is 1. The molecular formula is C12H12ClNO4S. The molecule has 1 aliphatic heterocycles. The summed E-state index contributed by atoms with van der Waals surface area (Å²) in [5.74, 6) is -1.19. The number of rotatable bonds is 3. The van der Waals surface area contributed by atoms with E-state index < -0.39 is 22.0 Å². The number of carboxylic acids is 1. The second-order valence-electron chi connectivity index (χ2n) is 4.20. The van der Waals surface area contributed by atoms with E-state index in [2.05, 4.69) is 0 Å². The number of sulfonamides is 1. The summed E-state index contributed by atoms with van der Waals surface area (Å²) in [4.78, 5) is 11.1. The maximum atomic E-state index is 12.4. The van der Waals surface area contributed by atoms with E-state index in [1.54, 1.807) is 6.92 Å². The molecule has 0 fully saturated rings. The van der Waals surface area contributed by atoms with Gasteiger partial charge in [-0.3, -0.25) is 4.79 Å². The predicted molar refractivity (Wildman–Crippen MR) is 70.6 cm³/mol. The van der Waals surface area contributed by atoms with Crippen LogP contribution in [-0.2, 0) is 14.8 Å². The molecule has 7 heteroatoms. The van der Waals surface area contributed by atoms with Gasteiger partial charge in [-0.15, -0.1) is 0 Å². The van der Waals surface area contributed by atoms with Crippen LogP contribution >= 0.6 is 11.6 Å². The van der Waals surface area contributed by atoms with Gasteiger partial charge < -0.3 is 5.11 Å². The van der Waals surface area contributed by atoms with Gasteiger partial charge >= 0.3 is 5.97 Å². The van der Waals surface area contributed by atoms with Crippen LogP contribution in [0.4, 0.5) is 0 Å². The van der Waals surface area contributed by atoms with Gasteiger partial charge in [0, 0.05) is 11.6 Å². The first-order valence-corrected chi connectivity index (χ1v) is 7.33. The summed E-state index contributed by atoms with van der Waals surface area (Å²) in [6.45, 7) is 1.75. The lowest BCUT2D eigenvalue weighted by Gasteiger charge is -2.21. The van der Waals surface area contributed by atoms with Gasteiger partial charge in [0.05, 0.1) is 4.90 Å². The van der Waals surface area contributed by atoms with Crippen molar-refractivity contribution in [2.24, 2.45) is 0 Å². The first kappa shape index (κ1) is 14.0. The zero-order valence-corrected chi connectivity index (χ0v) is 11.6. The van der Waals surface area contributed by atoms with Crippen molar-refractivity contribution < 1.29 is 18.3 Å². The molecule has 1 unspecified atom stereocenters. The van der Waals surface area contributed by atoms with E-state index in [-0.39, 0.29) is 11.4 Å². The standard InChI is InChI=1S/C12H12ClNO4S/c1-8-7-9(4-5-10(8)13)19(17,18)14-6-2-3-11(14)12(15)16/h2-5,7,11H,6H2,1H3,(H,15,16). The lowest BCUT2D eigenvalue weighted by atomic mass is 10.2. The number of halogens is 1. The summed E-state index contributed by atoms with van der Waals surface area (Å²) in [5.41, 5.74) is 0.627. The average molecular weight is 302 g/mol. The van der Waals surface area contributed by atoms with E-state index in [0.29, 0.717) is 10.6 Å². The Hall–Kier alpha value is -1.37. The van der Waals surface area contributed by atoms with Gasteiger partial charge in [-0.25, -0.2) is 8.42 Å². The summed E-state index contributed by atoms with van der Waals surface area (Å²) in [6, 6.07) is 3.15. The molecule has 0 saturated carbocycles. The number of benzene rings is 1. The van der Waals surface area contributed by atoms with Crippen LogP contribution in [0.15, 0.2) is 35.2 Å². The molecule has 1 aromatic rings. The summed E-state index contributed by atoms with van der Waals surface area (Å²) < 4.78 is 25.7. The Morgan fingerprint density at radius 2 is 2.16 bits per heavy atom. The van der Waals surface area contributed by atoms with Crippen molar-refractivity contribution in [2.45, 2.75) is 17.9 Å². The van der Waals surface area contributed by atoms with Crippen LogP contribution in [0.25, 0.3) is 0 Å². The highest BCUT2D eigenvalue weighted by atomic mass is 35.5. The molecule has 0 radical (unpaired) electrons. The monoisotopic (exact) mass is 301 g/mol. The quantitative estimate of drug-likeness (QED) is 0.862. The zero-order valence-electron chi connectivity index (χ0n) is 10.1. The lowest BCUT2D eigenvalue weighted by Crippen LogP contribution is -2.40. The molecule has 5 nitrogen and oxygen atoms in total. The number of nitrogens with zero attached hydrogens (tertiary/aromatic N) is 1. The summed E-state index contributed by atoms with van der Waals surface area (Å²) >= 11 is 5.85. The number of aryl methyl sites for hydroxylation is 1. The molecule has 0 saturated heterocycles. The van der Waals surface area contributed by atoms with E-state index in [1.807, 2.05) is 0 Å². The fourth-order valence-corrected chi connectivity index (χ4v) is 3.57. The molecule has 1 aromatic carbocycles. The van der Waals surface area contributed by atoms with Crippen LogP contribution in [-0.4, -0.2) is 36.4 Å². The van der Waals surface area contributed by atoms with Crippen LogP contribution in [0.1, 0.15) is 5.56 Å². The van der Waals surface area contributed by atoms with Crippen LogP contribution < -0.4 is 0 Å². The van der Waals surface area contributed by atoms with Gasteiger partial charge in [0.25, 0.3) is 0 Å². The Kier molecular flexibility index (Phi) is 3.66. The van der Waals surface area contributed by atoms with Crippen LogP contribution in [0.3, 0.4) is 0 Å². The summed E-state index contributed by atoms with van der Waals surface area (Å²) in [6.07, 6.45) is 2.89. The third-order valence-corrected chi connectivity index (χ3v) is 5.17. The molecule has 0 bridgehead atoms. The Morgan fingerprint density at radius 3 is 2.74 bits per heavy atom. The minimum atomic E-state index is -3.84. The number of hydrogen-bond acceptors (Lipinski definition) is 3. The number of hydrogen-bond donors (Lipinski definition) is 1. The zero-order chi connectivity index (χ0) is 14.2. The molecule has 1 aliphatic rings. The Morgan fingerprint density at radius 1 is 1.47 bits per heavy atom. The molecule has 1 N–H and O–H groups in total. The fourth-order valence-electron chi connectivity index (χ4n) is 1.87. The molecular weight excluding hydrogens is 290 g/mol. The van der Waals surface area contributed by atoms with Gasteiger partial charge in [-0.1, -0.05) is 23.8 Å². The van der Waals surface area contributed by atoms with Gasteiger partial charge in [0.15, 0.2) is 0 Å². The predicted octanol–water partition coefficient (Wildman–Crippen LogP) is 1.66. The highest BCUT2D eigenvalue weighted by Gasteiger charge is 2.36. The molecule has 0 amide bonds. The van der Waals surface area contributed by atoms with Gasteiger partial charge in [0.2, 0.25) is 10.0 Å². The summed E-state index contributed by atoms with van der Waals surface area (Å²) in [7, 11) is -3.84. The molecule has 1 heterocycles. The normalized spacial score (nSPS) is 19.8. The third-order valence-electron chi connectivity index (χ3n) is 2.90.